The van der Waals surface area contributed by atoms with Gasteiger partial charge in [-0.2, -0.15) is 0 Å². The molecule has 1 N–H and O–H groups in total. The van der Waals surface area contributed by atoms with E-state index in [1.54, 1.807) is 0 Å². The van der Waals surface area contributed by atoms with Crippen LogP contribution in [0, 0.1) is 13.8 Å². The van der Waals surface area contributed by atoms with Crippen molar-refractivity contribution < 1.29 is 0 Å². The van der Waals surface area contributed by atoms with Gasteiger partial charge in [0, 0.05) is 6.54 Å². The van der Waals surface area contributed by atoms with Crippen LogP contribution < -0.4 is 5.32 Å². The van der Waals surface area contributed by atoms with Crippen LogP contribution in [0.1, 0.15) is 16.7 Å². The Bertz CT molecular complexity index is 515. The summed E-state index contributed by atoms with van der Waals surface area (Å²) in [4.78, 5) is 0. The van der Waals surface area contributed by atoms with Crippen LogP contribution in [0.15, 0.2) is 42.5 Å². The van der Waals surface area contributed by atoms with Gasteiger partial charge in [0.25, 0.3) is 0 Å². The lowest BCUT2D eigenvalue weighted by Crippen LogP contribution is -2.04. The first kappa shape index (κ1) is 11.9. The van der Waals surface area contributed by atoms with Gasteiger partial charge in [0.05, 0.1) is 0 Å². The number of hydrogen-bond donors (Lipinski definition) is 1. The minimum Gasteiger partial charge on any atom is -0.316 e. The fraction of sp³-hybridized carbons (Fsp3) is 0.250. The highest BCUT2D eigenvalue weighted by Crippen LogP contribution is 2.26. The summed E-state index contributed by atoms with van der Waals surface area (Å²) in [6.07, 6.45) is 0. The first-order chi connectivity index (χ1) is 8.22. The molecule has 0 heterocycles. The molecule has 0 fully saturated rings. The van der Waals surface area contributed by atoms with E-state index in [2.05, 4.69) is 61.6 Å². The lowest BCUT2D eigenvalue weighted by atomic mass is 9.96. The summed E-state index contributed by atoms with van der Waals surface area (Å²) < 4.78 is 0. The molecule has 17 heavy (non-hydrogen) atoms. The third kappa shape index (κ3) is 2.56. The molecule has 0 aliphatic rings. The van der Waals surface area contributed by atoms with Crippen LogP contribution in [-0.4, -0.2) is 7.05 Å². The fourth-order valence-corrected chi connectivity index (χ4v) is 2.12. The van der Waals surface area contributed by atoms with E-state index in [9.17, 15) is 0 Å². The van der Waals surface area contributed by atoms with Crippen LogP contribution in [0.4, 0.5) is 0 Å². The summed E-state index contributed by atoms with van der Waals surface area (Å²) in [6, 6.07) is 15.2. The van der Waals surface area contributed by atoms with Gasteiger partial charge in [-0.25, -0.2) is 0 Å². The van der Waals surface area contributed by atoms with Crippen molar-refractivity contribution in [2.75, 3.05) is 7.05 Å². The largest absolute Gasteiger partial charge is 0.316 e. The molecule has 1 nitrogen and oxygen atoms in total. The molecule has 0 amide bonds. The van der Waals surface area contributed by atoms with E-state index in [0.29, 0.717) is 0 Å². The van der Waals surface area contributed by atoms with Gasteiger partial charge in [0.2, 0.25) is 0 Å². The van der Waals surface area contributed by atoms with E-state index >= 15 is 0 Å². The molecule has 0 aromatic heterocycles. The molecule has 2 aromatic carbocycles. The molecule has 88 valence electrons. The Morgan fingerprint density at radius 1 is 1.00 bits per heavy atom. The molecule has 0 radical (unpaired) electrons. The van der Waals surface area contributed by atoms with Crippen molar-refractivity contribution in [1.29, 1.82) is 0 Å². The standard InChI is InChI=1S/C16H19N/c1-12-6-4-9-16(13(12)2)15-8-5-7-14(10-15)11-17-3/h4-10,17H,11H2,1-3H3. The Kier molecular flexibility index (Phi) is 3.60. The predicted octanol–water partition coefficient (Wildman–Crippen LogP) is 3.69. The molecule has 0 bridgehead atoms. The van der Waals surface area contributed by atoms with Crippen molar-refractivity contribution in [1.82, 2.24) is 5.32 Å². The number of aryl methyl sites for hydroxylation is 1. The highest BCUT2D eigenvalue weighted by atomic mass is 14.8. The molecule has 2 rings (SSSR count). The normalized spacial score (nSPS) is 10.5. The zero-order valence-electron chi connectivity index (χ0n) is 10.7. The van der Waals surface area contributed by atoms with E-state index in [1.807, 2.05) is 7.05 Å². The second kappa shape index (κ2) is 5.15. The second-order valence-corrected chi connectivity index (χ2v) is 4.48. The van der Waals surface area contributed by atoms with Crippen molar-refractivity contribution in [3.05, 3.63) is 59.2 Å². The Morgan fingerprint density at radius 3 is 2.53 bits per heavy atom. The molecule has 1 heteroatoms. The Morgan fingerprint density at radius 2 is 1.76 bits per heavy atom. The van der Waals surface area contributed by atoms with Crippen LogP contribution in [0.2, 0.25) is 0 Å². The van der Waals surface area contributed by atoms with Gasteiger partial charge in [0.15, 0.2) is 0 Å². The minimum atomic E-state index is 0.915. The number of rotatable bonds is 3. The average molecular weight is 225 g/mol. The average Bonchev–Trinajstić information content (AvgIpc) is 2.33. The maximum atomic E-state index is 3.19. The summed E-state index contributed by atoms with van der Waals surface area (Å²) >= 11 is 0. The van der Waals surface area contributed by atoms with Crippen LogP contribution in [-0.2, 0) is 6.54 Å². The van der Waals surface area contributed by atoms with Gasteiger partial charge in [-0.1, -0.05) is 36.4 Å². The Hall–Kier alpha value is -1.60. The molecular formula is C16H19N. The van der Waals surface area contributed by atoms with Crippen molar-refractivity contribution in [2.24, 2.45) is 0 Å². The smallest absolute Gasteiger partial charge is 0.0202 e. The summed E-state index contributed by atoms with van der Waals surface area (Å²) in [5, 5.41) is 3.19. The minimum absolute atomic E-state index is 0.915. The molecule has 0 unspecified atom stereocenters. The molecule has 2 aromatic rings. The number of hydrogen-bond acceptors (Lipinski definition) is 1. The van der Waals surface area contributed by atoms with Gasteiger partial charge < -0.3 is 5.32 Å². The van der Waals surface area contributed by atoms with Crippen molar-refractivity contribution in [3.63, 3.8) is 0 Å². The van der Waals surface area contributed by atoms with E-state index in [-0.39, 0.29) is 0 Å². The van der Waals surface area contributed by atoms with E-state index in [0.717, 1.165) is 6.54 Å². The van der Waals surface area contributed by atoms with Crippen molar-refractivity contribution in [3.8, 4) is 11.1 Å². The summed E-state index contributed by atoms with van der Waals surface area (Å²) in [6.45, 7) is 5.27. The molecule has 0 spiro atoms. The topological polar surface area (TPSA) is 12.0 Å². The third-order valence-corrected chi connectivity index (χ3v) is 3.22. The van der Waals surface area contributed by atoms with Crippen LogP contribution in [0.5, 0.6) is 0 Å². The molecule has 0 aliphatic heterocycles. The van der Waals surface area contributed by atoms with Gasteiger partial charge in [-0.05, 0) is 54.8 Å². The maximum absolute atomic E-state index is 3.19. The monoisotopic (exact) mass is 225 g/mol. The van der Waals surface area contributed by atoms with E-state index in [4.69, 9.17) is 0 Å². The highest BCUT2D eigenvalue weighted by Gasteiger charge is 2.03. The number of nitrogens with one attached hydrogen (secondary N) is 1. The molecule has 0 saturated heterocycles. The van der Waals surface area contributed by atoms with Gasteiger partial charge >= 0.3 is 0 Å². The molecular weight excluding hydrogens is 206 g/mol. The quantitative estimate of drug-likeness (QED) is 0.840. The summed E-state index contributed by atoms with van der Waals surface area (Å²) in [7, 11) is 1.98. The first-order valence-corrected chi connectivity index (χ1v) is 6.02. The second-order valence-electron chi connectivity index (χ2n) is 4.48. The van der Waals surface area contributed by atoms with Gasteiger partial charge in [-0.3, -0.25) is 0 Å². The molecule has 0 aliphatic carbocycles. The van der Waals surface area contributed by atoms with Crippen molar-refractivity contribution >= 4 is 0 Å². The van der Waals surface area contributed by atoms with Crippen molar-refractivity contribution in [2.45, 2.75) is 20.4 Å². The lowest BCUT2D eigenvalue weighted by molar-refractivity contribution is 0.818. The Labute approximate surface area is 103 Å². The van der Waals surface area contributed by atoms with Crippen LogP contribution >= 0.6 is 0 Å². The van der Waals surface area contributed by atoms with Crippen LogP contribution in [0.3, 0.4) is 0 Å². The lowest BCUT2D eigenvalue weighted by Gasteiger charge is -2.10. The summed E-state index contributed by atoms with van der Waals surface area (Å²) in [5.41, 5.74) is 6.68. The summed E-state index contributed by atoms with van der Waals surface area (Å²) in [5.74, 6) is 0. The fourth-order valence-electron chi connectivity index (χ4n) is 2.12. The highest BCUT2D eigenvalue weighted by molar-refractivity contribution is 5.68. The number of benzene rings is 2. The maximum Gasteiger partial charge on any atom is 0.0202 e. The predicted molar refractivity (Wildman–Crippen MR) is 74.1 cm³/mol. The molecule has 0 saturated carbocycles. The van der Waals surface area contributed by atoms with E-state index in [1.165, 1.54) is 27.8 Å². The van der Waals surface area contributed by atoms with E-state index < -0.39 is 0 Å². The van der Waals surface area contributed by atoms with Gasteiger partial charge in [0.1, 0.15) is 0 Å². The first-order valence-electron chi connectivity index (χ1n) is 6.02. The molecule has 0 atom stereocenters. The zero-order chi connectivity index (χ0) is 12.3. The SMILES string of the molecule is CNCc1cccc(-c2cccc(C)c2C)c1. The zero-order valence-corrected chi connectivity index (χ0v) is 10.7. The Balaban J connectivity index is 2.45. The van der Waals surface area contributed by atoms with Gasteiger partial charge in [-0.15, -0.1) is 0 Å². The third-order valence-electron chi connectivity index (χ3n) is 3.22. The van der Waals surface area contributed by atoms with Crippen LogP contribution in [0.25, 0.3) is 11.1 Å².